The van der Waals surface area contributed by atoms with Gasteiger partial charge in [-0.3, -0.25) is 14.6 Å². The molecule has 0 aliphatic rings. The van der Waals surface area contributed by atoms with Crippen LogP contribution < -0.4 is 10.6 Å². The standard InChI is InChI=1S/C19H17N3O3/c1-11(23)21-14-5-3-4-13(10-14)15-8-9-20-18-16(15)6-7-17(19(18)25)22-12(2)24/h3-10,25H,1-2H3,(H,21,23)(H,22,24). The monoisotopic (exact) mass is 335 g/mol. The Kier molecular flexibility index (Phi) is 4.35. The number of nitrogens with zero attached hydrogens (tertiary/aromatic N) is 1. The topological polar surface area (TPSA) is 91.3 Å². The van der Waals surface area contributed by atoms with Gasteiger partial charge in [-0.1, -0.05) is 12.1 Å². The number of amides is 2. The molecule has 2 amide bonds. The molecule has 0 bridgehead atoms. The second-order valence-corrected chi connectivity index (χ2v) is 5.66. The number of fused-ring (bicyclic) bond motifs is 1. The van der Waals surface area contributed by atoms with E-state index in [9.17, 15) is 14.7 Å². The summed E-state index contributed by atoms with van der Waals surface area (Å²) in [6.07, 6.45) is 1.60. The maximum Gasteiger partial charge on any atom is 0.221 e. The van der Waals surface area contributed by atoms with E-state index >= 15 is 0 Å². The van der Waals surface area contributed by atoms with E-state index in [1.807, 2.05) is 24.3 Å². The summed E-state index contributed by atoms with van der Waals surface area (Å²) in [4.78, 5) is 26.7. The molecule has 3 aromatic rings. The van der Waals surface area contributed by atoms with Crippen LogP contribution in [-0.2, 0) is 9.59 Å². The third-order valence-electron chi connectivity index (χ3n) is 3.69. The van der Waals surface area contributed by atoms with Gasteiger partial charge in [0.1, 0.15) is 5.52 Å². The van der Waals surface area contributed by atoms with Gasteiger partial charge in [0.05, 0.1) is 5.69 Å². The second kappa shape index (κ2) is 6.60. The summed E-state index contributed by atoms with van der Waals surface area (Å²) in [5.41, 5.74) is 3.14. The lowest BCUT2D eigenvalue weighted by Crippen LogP contribution is -2.06. The van der Waals surface area contributed by atoms with Crippen LogP contribution in [0.2, 0.25) is 0 Å². The van der Waals surface area contributed by atoms with Crippen LogP contribution in [0.25, 0.3) is 22.0 Å². The Hall–Kier alpha value is -3.41. The maximum atomic E-state index is 11.3. The summed E-state index contributed by atoms with van der Waals surface area (Å²) in [6.45, 7) is 2.83. The number of anilines is 2. The molecule has 3 rings (SSSR count). The summed E-state index contributed by atoms with van der Waals surface area (Å²) in [7, 11) is 0. The van der Waals surface area contributed by atoms with Crippen molar-refractivity contribution in [3.63, 3.8) is 0 Å². The normalized spacial score (nSPS) is 10.5. The van der Waals surface area contributed by atoms with Crippen molar-refractivity contribution in [1.82, 2.24) is 4.98 Å². The highest BCUT2D eigenvalue weighted by molar-refractivity contribution is 6.02. The minimum absolute atomic E-state index is 0.0763. The minimum atomic E-state index is -0.270. The fourth-order valence-electron chi connectivity index (χ4n) is 2.71. The van der Waals surface area contributed by atoms with Gasteiger partial charge in [0.15, 0.2) is 5.75 Å². The van der Waals surface area contributed by atoms with Crippen LogP contribution in [-0.4, -0.2) is 21.9 Å². The number of hydrogen-bond acceptors (Lipinski definition) is 4. The van der Waals surface area contributed by atoms with E-state index in [1.54, 1.807) is 24.4 Å². The van der Waals surface area contributed by atoms with Crippen molar-refractivity contribution in [1.29, 1.82) is 0 Å². The molecule has 0 saturated heterocycles. The molecule has 0 spiro atoms. The van der Waals surface area contributed by atoms with Crippen LogP contribution in [0.3, 0.4) is 0 Å². The molecule has 126 valence electrons. The summed E-state index contributed by atoms with van der Waals surface area (Å²) in [5, 5.41) is 16.5. The molecule has 0 aliphatic heterocycles. The van der Waals surface area contributed by atoms with E-state index in [0.717, 1.165) is 16.5 Å². The van der Waals surface area contributed by atoms with Crippen molar-refractivity contribution in [3.05, 3.63) is 48.7 Å². The predicted molar refractivity (Wildman–Crippen MR) is 97.5 cm³/mol. The Labute approximate surface area is 144 Å². The summed E-state index contributed by atoms with van der Waals surface area (Å²) >= 11 is 0. The maximum absolute atomic E-state index is 11.3. The van der Waals surface area contributed by atoms with Gasteiger partial charge in [-0.05, 0) is 41.5 Å². The number of rotatable bonds is 3. The molecule has 1 aromatic heterocycles. The molecule has 0 saturated carbocycles. The number of benzene rings is 2. The number of carbonyl (C=O) groups is 2. The van der Waals surface area contributed by atoms with E-state index in [-0.39, 0.29) is 17.6 Å². The zero-order chi connectivity index (χ0) is 18.0. The van der Waals surface area contributed by atoms with E-state index in [2.05, 4.69) is 15.6 Å². The molecular formula is C19H17N3O3. The number of aromatic nitrogens is 1. The molecule has 0 atom stereocenters. The van der Waals surface area contributed by atoms with Gasteiger partial charge in [-0.25, -0.2) is 0 Å². The largest absolute Gasteiger partial charge is 0.504 e. The van der Waals surface area contributed by atoms with Crippen LogP contribution >= 0.6 is 0 Å². The highest BCUT2D eigenvalue weighted by Crippen LogP contribution is 2.36. The van der Waals surface area contributed by atoms with E-state index < -0.39 is 0 Å². The third-order valence-corrected chi connectivity index (χ3v) is 3.69. The molecule has 25 heavy (non-hydrogen) atoms. The average molecular weight is 335 g/mol. The molecule has 0 unspecified atom stereocenters. The Bertz CT molecular complexity index is 983. The number of carbonyl (C=O) groups excluding carboxylic acids is 2. The number of phenols is 1. The van der Waals surface area contributed by atoms with Crippen molar-refractivity contribution in [2.75, 3.05) is 10.6 Å². The first-order valence-corrected chi connectivity index (χ1v) is 7.72. The van der Waals surface area contributed by atoms with Gasteiger partial charge in [-0.15, -0.1) is 0 Å². The van der Waals surface area contributed by atoms with Gasteiger partial charge in [0, 0.05) is 31.1 Å². The zero-order valence-electron chi connectivity index (χ0n) is 13.8. The van der Waals surface area contributed by atoms with Gasteiger partial charge in [0.25, 0.3) is 0 Å². The van der Waals surface area contributed by atoms with Gasteiger partial charge in [-0.2, -0.15) is 0 Å². The minimum Gasteiger partial charge on any atom is -0.504 e. The highest BCUT2D eigenvalue weighted by Gasteiger charge is 2.12. The number of phenolic OH excluding ortho intramolecular Hbond substituents is 1. The van der Waals surface area contributed by atoms with E-state index in [1.165, 1.54) is 13.8 Å². The van der Waals surface area contributed by atoms with Crippen LogP contribution in [0.15, 0.2) is 48.7 Å². The average Bonchev–Trinajstić information content (AvgIpc) is 2.56. The molecule has 6 nitrogen and oxygen atoms in total. The SMILES string of the molecule is CC(=O)Nc1cccc(-c2ccnc3c(O)c(NC(C)=O)ccc23)c1. The zero-order valence-corrected chi connectivity index (χ0v) is 13.8. The van der Waals surface area contributed by atoms with Gasteiger partial charge >= 0.3 is 0 Å². The van der Waals surface area contributed by atoms with Crippen LogP contribution in [0.1, 0.15) is 13.8 Å². The number of pyridine rings is 1. The van der Waals surface area contributed by atoms with Gasteiger partial charge in [0.2, 0.25) is 11.8 Å². The fourth-order valence-corrected chi connectivity index (χ4v) is 2.71. The van der Waals surface area contributed by atoms with Crippen molar-refractivity contribution >= 4 is 34.1 Å². The van der Waals surface area contributed by atoms with Crippen molar-refractivity contribution in [3.8, 4) is 16.9 Å². The first-order valence-electron chi connectivity index (χ1n) is 7.72. The van der Waals surface area contributed by atoms with Crippen LogP contribution in [0.4, 0.5) is 11.4 Å². The van der Waals surface area contributed by atoms with Crippen LogP contribution in [0, 0.1) is 0 Å². The first-order chi connectivity index (χ1) is 12.0. The lowest BCUT2D eigenvalue weighted by molar-refractivity contribution is -0.115. The molecule has 6 heteroatoms. The molecule has 1 heterocycles. The summed E-state index contributed by atoms with van der Waals surface area (Å²) < 4.78 is 0. The van der Waals surface area contributed by atoms with Crippen LogP contribution in [0.5, 0.6) is 5.75 Å². The Morgan fingerprint density at radius 2 is 1.76 bits per heavy atom. The van der Waals surface area contributed by atoms with Crippen molar-refractivity contribution in [2.45, 2.75) is 13.8 Å². The first kappa shape index (κ1) is 16.4. The molecule has 0 fully saturated rings. The van der Waals surface area contributed by atoms with Gasteiger partial charge < -0.3 is 15.7 Å². The Balaban J connectivity index is 2.13. The Morgan fingerprint density at radius 3 is 2.48 bits per heavy atom. The molecule has 0 aliphatic carbocycles. The van der Waals surface area contributed by atoms with E-state index in [0.29, 0.717) is 16.9 Å². The Morgan fingerprint density at radius 1 is 1.00 bits per heavy atom. The van der Waals surface area contributed by atoms with E-state index in [4.69, 9.17) is 0 Å². The lowest BCUT2D eigenvalue weighted by Gasteiger charge is -2.12. The molecule has 0 radical (unpaired) electrons. The van der Waals surface area contributed by atoms with Crippen molar-refractivity contribution in [2.24, 2.45) is 0 Å². The number of aromatic hydroxyl groups is 1. The molecule has 3 N–H and O–H groups in total. The van der Waals surface area contributed by atoms with Crippen molar-refractivity contribution < 1.29 is 14.7 Å². The lowest BCUT2D eigenvalue weighted by atomic mass is 10.00. The number of hydrogen-bond donors (Lipinski definition) is 3. The quantitative estimate of drug-likeness (QED) is 0.639. The smallest absolute Gasteiger partial charge is 0.221 e. The predicted octanol–water partition coefficient (Wildman–Crippen LogP) is 3.52. The second-order valence-electron chi connectivity index (χ2n) is 5.66. The third kappa shape index (κ3) is 3.42. The summed E-state index contributed by atoms with van der Waals surface area (Å²) in [6, 6.07) is 12.7. The fraction of sp³-hybridized carbons (Fsp3) is 0.105. The summed E-state index contributed by atoms with van der Waals surface area (Å²) in [5.74, 6) is -0.490. The highest BCUT2D eigenvalue weighted by atomic mass is 16.3. The molecular weight excluding hydrogens is 318 g/mol. The number of nitrogens with one attached hydrogen (secondary N) is 2. The molecule has 2 aromatic carbocycles.